The van der Waals surface area contributed by atoms with Crippen LogP contribution in [-0.2, 0) is 0 Å². The van der Waals surface area contributed by atoms with Crippen LogP contribution in [-0.4, -0.2) is 13.4 Å². The van der Waals surface area contributed by atoms with Gasteiger partial charge in [0.25, 0.3) is 0 Å². The summed E-state index contributed by atoms with van der Waals surface area (Å²) in [6, 6.07) is 6.31. The predicted molar refractivity (Wildman–Crippen MR) is 71.4 cm³/mol. The Labute approximate surface area is 117 Å². The zero-order valence-corrected chi connectivity index (χ0v) is 11.7. The summed E-state index contributed by atoms with van der Waals surface area (Å²) in [5, 5.41) is 3.16. The molecule has 0 heterocycles. The Balaban J connectivity index is 2.25. The fourth-order valence-electron chi connectivity index (χ4n) is 3.15. The maximum absolute atomic E-state index is 12.5. The maximum atomic E-state index is 12.5. The Kier molecular flexibility index (Phi) is 4.58. The number of benzene rings is 1. The van der Waals surface area contributed by atoms with Crippen molar-refractivity contribution in [2.45, 2.75) is 38.6 Å². The van der Waals surface area contributed by atoms with Crippen molar-refractivity contribution in [2.24, 2.45) is 11.8 Å². The fraction of sp³-hybridized carbons (Fsp3) is 0.600. The summed E-state index contributed by atoms with van der Waals surface area (Å²) in [5.41, 5.74) is 0.589. The average Bonchev–Trinajstić information content (AvgIpc) is 2.77. The van der Waals surface area contributed by atoms with Crippen LogP contribution in [0.5, 0.6) is 5.75 Å². The standard InChI is InChI=1S/C15H20F3NO/c1-10-7-8-11(9-10)14(19-2)12-5-3-4-6-13(12)20-15(16,17)18/h3-6,10-11,14,19H,7-9H2,1-2H3. The van der Waals surface area contributed by atoms with Crippen molar-refractivity contribution < 1.29 is 17.9 Å². The van der Waals surface area contributed by atoms with E-state index in [1.165, 1.54) is 6.07 Å². The molecule has 1 aliphatic carbocycles. The number of para-hydroxylation sites is 1. The summed E-state index contributed by atoms with van der Waals surface area (Å²) in [7, 11) is 1.79. The third kappa shape index (κ3) is 3.66. The molecule has 0 amide bonds. The maximum Gasteiger partial charge on any atom is 0.573 e. The molecule has 0 bridgehead atoms. The summed E-state index contributed by atoms with van der Waals surface area (Å²) in [6.45, 7) is 2.19. The Morgan fingerprint density at radius 1 is 1.25 bits per heavy atom. The van der Waals surface area contributed by atoms with E-state index >= 15 is 0 Å². The lowest BCUT2D eigenvalue weighted by Crippen LogP contribution is -2.26. The molecule has 0 saturated heterocycles. The van der Waals surface area contributed by atoms with Crippen LogP contribution >= 0.6 is 0 Å². The number of alkyl halides is 3. The lowest BCUT2D eigenvalue weighted by atomic mass is 9.90. The Bertz CT molecular complexity index is 447. The molecule has 2 nitrogen and oxygen atoms in total. The summed E-state index contributed by atoms with van der Waals surface area (Å²) in [6.07, 6.45) is -1.46. The van der Waals surface area contributed by atoms with Gasteiger partial charge in [-0.1, -0.05) is 31.5 Å². The molecule has 20 heavy (non-hydrogen) atoms. The second kappa shape index (κ2) is 6.04. The molecule has 5 heteroatoms. The number of rotatable bonds is 4. The van der Waals surface area contributed by atoms with Gasteiger partial charge in [0.15, 0.2) is 0 Å². The van der Waals surface area contributed by atoms with Crippen LogP contribution < -0.4 is 10.1 Å². The van der Waals surface area contributed by atoms with E-state index in [1.54, 1.807) is 25.2 Å². The molecule has 0 aromatic heterocycles. The third-order valence-electron chi connectivity index (χ3n) is 4.00. The van der Waals surface area contributed by atoms with E-state index in [-0.39, 0.29) is 11.8 Å². The quantitative estimate of drug-likeness (QED) is 0.892. The number of nitrogens with one attached hydrogen (secondary N) is 1. The highest BCUT2D eigenvalue weighted by Crippen LogP contribution is 2.41. The molecule has 3 unspecified atom stereocenters. The number of hydrogen-bond donors (Lipinski definition) is 1. The van der Waals surface area contributed by atoms with Gasteiger partial charge in [-0.05, 0) is 37.8 Å². The molecule has 112 valence electrons. The lowest BCUT2D eigenvalue weighted by Gasteiger charge is -2.26. The van der Waals surface area contributed by atoms with Crippen molar-refractivity contribution in [1.82, 2.24) is 5.32 Å². The van der Waals surface area contributed by atoms with Crippen molar-refractivity contribution in [1.29, 1.82) is 0 Å². The Morgan fingerprint density at radius 2 is 1.95 bits per heavy atom. The summed E-state index contributed by atoms with van der Waals surface area (Å²) >= 11 is 0. The Hall–Kier alpha value is -1.23. The summed E-state index contributed by atoms with van der Waals surface area (Å²) in [5.74, 6) is 0.887. The van der Waals surface area contributed by atoms with Crippen molar-refractivity contribution >= 4 is 0 Å². The van der Waals surface area contributed by atoms with Gasteiger partial charge in [0, 0.05) is 11.6 Å². The minimum atomic E-state index is -4.66. The smallest absolute Gasteiger partial charge is 0.405 e. The largest absolute Gasteiger partial charge is 0.573 e. The highest BCUT2D eigenvalue weighted by atomic mass is 19.4. The van der Waals surface area contributed by atoms with E-state index in [0.29, 0.717) is 17.4 Å². The lowest BCUT2D eigenvalue weighted by molar-refractivity contribution is -0.275. The zero-order valence-electron chi connectivity index (χ0n) is 11.7. The summed E-state index contributed by atoms with van der Waals surface area (Å²) in [4.78, 5) is 0. The first kappa shape index (κ1) is 15.2. The molecule has 1 fully saturated rings. The molecule has 0 radical (unpaired) electrons. The molecule has 1 saturated carbocycles. The van der Waals surface area contributed by atoms with Gasteiger partial charge in [-0.15, -0.1) is 13.2 Å². The van der Waals surface area contributed by atoms with Gasteiger partial charge in [-0.25, -0.2) is 0 Å². The number of ether oxygens (including phenoxy) is 1. The minimum absolute atomic E-state index is 0.0982. The highest BCUT2D eigenvalue weighted by molar-refractivity contribution is 5.36. The first-order chi connectivity index (χ1) is 9.40. The predicted octanol–water partition coefficient (Wildman–Crippen LogP) is 4.28. The van der Waals surface area contributed by atoms with Gasteiger partial charge in [0.05, 0.1) is 0 Å². The Morgan fingerprint density at radius 3 is 2.50 bits per heavy atom. The van der Waals surface area contributed by atoms with E-state index in [4.69, 9.17) is 0 Å². The third-order valence-corrected chi connectivity index (χ3v) is 4.00. The van der Waals surface area contributed by atoms with Crippen LogP contribution in [0.15, 0.2) is 24.3 Å². The van der Waals surface area contributed by atoms with Gasteiger partial charge < -0.3 is 10.1 Å². The van der Waals surface area contributed by atoms with E-state index in [9.17, 15) is 13.2 Å². The summed E-state index contributed by atoms with van der Waals surface area (Å²) < 4.78 is 41.6. The molecule has 0 spiro atoms. The minimum Gasteiger partial charge on any atom is -0.405 e. The molecule has 1 aromatic carbocycles. The van der Waals surface area contributed by atoms with Crippen LogP contribution in [0.3, 0.4) is 0 Å². The van der Waals surface area contributed by atoms with Crippen LogP contribution in [0.25, 0.3) is 0 Å². The SMILES string of the molecule is CNC(c1ccccc1OC(F)(F)F)C1CCC(C)C1. The van der Waals surface area contributed by atoms with Crippen molar-refractivity contribution in [3.8, 4) is 5.75 Å². The van der Waals surface area contributed by atoms with E-state index in [1.807, 2.05) is 0 Å². The molecular formula is C15H20F3NO. The normalized spacial score (nSPS) is 24.6. The van der Waals surface area contributed by atoms with E-state index < -0.39 is 6.36 Å². The topological polar surface area (TPSA) is 21.3 Å². The molecular weight excluding hydrogens is 267 g/mol. The molecule has 0 aliphatic heterocycles. The molecule has 1 aliphatic rings. The number of halogens is 3. The van der Waals surface area contributed by atoms with Crippen LogP contribution in [0.1, 0.15) is 37.8 Å². The van der Waals surface area contributed by atoms with Gasteiger partial charge in [0.1, 0.15) is 5.75 Å². The van der Waals surface area contributed by atoms with E-state index in [0.717, 1.165) is 19.3 Å². The second-order valence-electron chi connectivity index (χ2n) is 5.53. The van der Waals surface area contributed by atoms with Crippen molar-refractivity contribution in [2.75, 3.05) is 7.05 Å². The van der Waals surface area contributed by atoms with Crippen molar-refractivity contribution in [3.63, 3.8) is 0 Å². The fourth-order valence-corrected chi connectivity index (χ4v) is 3.15. The first-order valence-electron chi connectivity index (χ1n) is 6.92. The number of hydrogen-bond acceptors (Lipinski definition) is 2. The first-order valence-corrected chi connectivity index (χ1v) is 6.92. The molecule has 3 atom stereocenters. The average molecular weight is 287 g/mol. The van der Waals surface area contributed by atoms with Crippen LogP contribution in [0.2, 0.25) is 0 Å². The van der Waals surface area contributed by atoms with E-state index in [2.05, 4.69) is 17.0 Å². The molecule has 1 N–H and O–H groups in total. The highest BCUT2D eigenvalue weighted by Gasteiger charge is 2.35. The van der Waals surface area contributed by atoms with Gasteiger partial charge >= 0.3 is 6.36 Å². The van der Waals surface area contributed by atoms with Crippen LogP contribution in [0.4, 0.5) is 13.2 Å². The molecule has 1 aromatic rings. The monoisotopic (exact) mass is 287 g/mol. The van der Waals surface area contributed by atoms with Gasteiger partial charge in [-0.2, -0.15) is 0 Å². The van der Waals surface area contributed by atoms with Crippen LogP contribution in [0, 0.1) is 11.8 Å². The van der Waals surface area contributed by atoms with Gasteiger partial charge in [-0.3, -0.25) is 0 Å². The second-order valence-corrected chi connectivity index (χ2v) is 5.53. The van der Waals surface area contributed by atoms with Crippen molar-refractivity contribution in [3.05, 3.63) is 29.8 Å². The van der Waals surface area contributed by atoms with Gasteiger partial charge in [0.2, 0.25) is 0 Å². The molecule has 2 rings (SSSR count). The zero-order chi connectivity index (χ0) is 14.8.